The Morgan fingerprint density at radius 3 is 1.43 bits per heavy atom. The molecule has 0 radical (unpaired) electrons. The number of hydrogen-bond acceptors (Lipinski definition) is 0. The molecule has 0 aliphatic heterocycles. The molecule has 0 aromatic heterocycles. The summed E-state index contributed by atoms with van der Waals surface area (Å²) in [6.07, 6.45) is 2.28. The maximum absolute atomic E-state index is 3.60. The van der Waals surface area contributed by atoms with Gasteiger partial charge in [0.1, 0.15) is 0 Å². The van der Waals surface area contributed by atoms with Crippen LogP contribution in [-0.4, -0.2) is 0 Å². The van der Waals surface area contributed by atoms with Crippen LogP contribution in [0.4, 0.5) is 0 Å². The van der Waals surface area contributed by atoms with E-state index in [9.17, 15) is 0 Å². The SMILES string of the molecule is [Br-].[Br-].[CH2-]CCC.[Mn+3]. The summed E-state index contributed by atoms with van der Waals surface area (Å²) in [6.45, 7) is 5.72. The molecule has 0 saturated carbocycles. The van der Waals surface area contributed by atoms with E-state index in [2.05, 4.69) is 13.8 Å². The normalized spacial score (nSPS) is 4.29. The fraction of sp³-hybridized carbons (Fsp3) is 0.750. The van der Waals surface area contributed by atoms with Gasteiger partial charge in [-0.25, -0.2) is 0 Å². The zero-order chi connectivity index (χ0) is 3.41. The second-order valence-electron chi connectivity index (χ2n) is 0.854. The van der Waals surface area contributed by atoms with Gasteiger partial charge in [-0.2, -0.15) is 6.42 Å². The van der Waals surface area contributed by atoms with Gasteiger partial charge in [0.2, 0.25) is 0 Å². The summed E-state index contributed by atoms with van der Waals surface area (Å²) < 4.78 is 0. The van der Waals surface area contributed by atoms with E-state index >= 15 is 0 Å². The van der Waals surface area contributed by atoms with Crippen LogP contribution >= 0.6 is 0 Å². The molecule has 46 valence electrons. The molecule has 0 rings (SSSR count). The predicted molar refractivity (Wildman–Crippen MR) is 20.3 cm³/mol. The van der Waals surface area contributed by atoms with Gasteiger partial charge in [-0.1, -0.05) is 13.3 Å². The minimum Gasteiger partial charge on any atom is -1.00 e. The van der Waals surface area contributed by atoms with Crippen LogP contribution in [0.15, 0.2) is 0 Å². The topological polar surface area (TPSA) is 0 Å². The van der Waals surface area contributed by atoms with Crippen LogP contribution in [0.2, 0.25) is 0 Å². The first-order chi connectivity index (χ1) is 1.91. The molecule has 0 saturated heterocycles. The summed E-state index contributed by atoms with van der Waals surface area (Å²) in [5.74, 6) is 0. The summed E-state index contributed by atoms with van der Waals surface area (Å²) in [4.78, 5) is 0. The van der Waals surface area contributed by atoms with Gasteiger partial charge < -0.3 is 40.9 Å². The molecule has 0 bridgehead atoms. The minimum absolute atomic E-state index is 0. The van der Waals surface area contributed by atoms with Crippen molar-refractivity contribution < 1.29 is 51.0 Å². The molecule has 0 nitrogen and oxygen atoms in total. The molecule has 0 aliphatic rings. The van der Waals surface area contributed by atoms with Crippen molar-refractivity contribution in [2.24, 2.45) is 0 Å². The second kappa shape index (κ2) is 25.9. The van der Waals surface area contributed by atoms with E-state index in [0.29, 0.717) is 0 Å². The summed E-state index contributed by atoms with van der Waals surface area (Å²) >= 11 is 0. The molecule has 0 aromatic rings. The Bertz CT molecular complexity index is 11.7. The third-order valence-electron chi connectivity index (χ3n) is 0.354. The van der Waals surface area contributed by atoms with Crippen LogP contribution < -0.4 is 34.0 Å². The standard InChI is InChI=1S/C4H9.2BrH.Mn/c1-3-4-2;;;/h1,3-4H2,2H3;2*1H;/q-1;;;+3/p-2. The molecule has 0 aliphatic carbocycles. The van der Waals surface area contributed by atoms with Crippen molar-refractivity contribution in [3.8, 4) is 0 Å². The number of rotatable bonds is 1. The Hall–Kier alpha value is 1.48. The van der Waals surface area contributed by atoms with Crippen LogP contribution in [0.3, 0.4) is 0 Å². The van der Waals surface area contributed by atoms with Crippen molar-refractivity contribution in [2.75, 3.05) is 0 Å². The van der Waals surface area contributed by atoms with E-state index in [1.54, 1.807) is 0 Å². The quantitative estimate of drug-likeness (QED) is 0.334. The molecule has 0 aromatic carbocycles. The van der Waals surface area contributed by atoms with E-state index in [4.69, 9.17) is 0 Å². The molecular weight excluding hydrogens is 263 g/mol. The third-order valence-corrected chi connectivity index (χ3v) is 0.354. The smallest absolute Gasteiger partial charge is 1.00 e. The third kappa shape index (κ3) is 36.5. The second-order valence-corrected chi connectivity index (χ2v) is 0.854. The number of hydrogen-bond donors (Lipinski definition) is 0. The Morgan fingerprint density at radius 1 is 1.29 bits per heavy atom. The van der Waals surface area contributed by atoms with E-state index in [1.165, 1.54) is 6.42 Å². The average Bonchev–Trinajstić information content (AvgIpc) is 1.37. The summed E-state index contributed by atoms with van der Waals surface area (Å²) in [5, 5.41) is 0. The van der Waals surface area contributed by atoms with Crippen LogP contribution in [0, 0.1) is 6.92 Å². The molecule has 0 atom stereocenters. The van der Waals surface area contributed by atoms with Crippen LogP contribution in [0.5, 0.6) is 0 Å². The van der Waals surface area contributed by atoms with E-state index in [-0.39, 0.29) is 51.0 Å². The first-order valence-electron chi connectivity index (χ1n) is 1.71. The molecule has 3 heteroatoms. The average molecular weight is 272 g/mol. The molecule has 0 spiro atoms. The van der Waals surface area contributed by atoms with Gasteiger partial charge in [-0.15, -0.1) is 0 Å². The van der Waals surface area contributed by atoms with Gasteiger partial charge in [-0.05, 0) is 0 Å². The van der Waals surface area contributed by atoms with E-state index in [1.807, 2.05) is 0 Å². The zero-order valence-electron chi connectivity index (χ0n) is 4.26. The fourth-order valence-electron chi connectivity index (χ4n) is 0. The Morgan fingerprint density at radius 2 is 1.43 bits per heavy atom. The van der Waals surface area contributed by atoms with Crippen molar-refractivity contribution in [2.45, 2.75) is 19.8 Å². The van der Waals surface area contributed by atoms with Crippen LogP contribution in [0.25, 0.3) is 0 Å². The molecule has 0 N–H and O–H groups in total. The minimum atomic E-state index is 0. The maximum Gasteiger partial charge on any atom is 3.00 e. The van der Waals surface area contributed by atoms with Gasteiger partial charge in [0.05, 0.1) is 0 Å². The first kappa shape index (κ1) is 23.6. The van der Waals surface area contributed by atoms with Crippen molar-refractivity contribution in [3.05, 3.63) is 6.92 Å². The van der Waals surface area contributed by atoms with Crippen molar-refractivity contribution in [1.82, 2.24) is 0 Å². The van der Waals surface area contributed by atoms with Gasteiger partial charge in [0.15, 0.2) is 0 Å². The van der Waals surface area contributed by atoms with Gasteiger partial charge >= 0.3 is 17.1 Å². The molecule has 0 amide bonds. The molecule has 0 fully saturated rings. The first-order valence-corrected chi connectivity index (χ1v) is 1.71. The predicted octanol–water partition coefficient (Wildman–Crippen LogP) is -4.37. The zero-order valence-corrected chi connectivity index (χ0v) is 8.61. The fourth-order valence-corrected chi connectivity index (χ4v) is 0. The maximum atomic E-state index is 3.60. The van der Waals surface area contributed by atoms with E-state index < -0.39 is 0 Å². The Kier molecular flexibility index (Phi) is 87.6. The monoisotopic (exact) mass is 270 g/mol. The molecular formula is C4H9Br2Mn. The summed E-state index contributed by atoms with van der Waals surface area (Å²) in [7, 11) is 0. The van der Waals surface area contributed by atoms with Gasteiger partial charge in [0.25, 0.3) is 0 Å². The van der Waals surface area contributed by atoms with Crippen molar-refractivity contribution >= 4 is 0 Å². The van der Waals surface area contributed by atoms with Gasteiger partial charge in [0, 0.05) is 0 Å². The molecule has 0 unspecified atom stereocenters. The number of halogens is 2. The largest absolute Gasteiger partial charge is 3.00 e. The summed E-state index contributed by atoms with van der Waals surface area (Å²) in [5.41, 5.74) is 0. The summed E-state index contributed by atoms with van der Waals surface area (Å²) in [6, 6.07) is 0. The van der Waals surface area contributed by atoms with Crippen molar-refractivity contribution in [3.63, 3.8) is 0 Å². The van der Waals surface area contributed by atoms with Crippen LogP contribution in [-0.2, 0) is 17.1 Å². The Labute approximate surface area is 77.5 Å². The molecule has 0 heterocycles. The Balaban J connectivity index is -0.0000000150. The van der Waals surface area contributed by atoms with Gasteiger partial charge in [-0.3, -0.25) is 0 Å². The molecule has 7 heavy (non-hydrogen) atoms. The van der Waals surface area contributed by atoms with E-state index in [0.717, 1.165) is 6.42 Å². The van der Waals surface area contributed by atoms with Crippen molar-refractivity contribution in [1.29, 1.82) is 0 Å². The van der Waals surface area contributed by atoms with Crippen LogP contribution in [0.1, 0.15) is 19.8 Å². The number of unbranched alkanes of at least 4 members (excludes halogenated alkanes) is 1.